The van der Waals surface area contributed by atoms with Gasteiger partial charge in [-0.25, -0.2) is 4.79 Å². The summed E-state index contributed by atoms with van der Waals surface area (Å²) in [5.41, 5.74) is 0.138. The molecule has 0 aliphatic rings. The number of pyridine rings is 1. The van der Waals surface area contributed by atoms with Crippen molar-refractivity contribution in [3.8, 4) is 5.75 Å². The van der Waals surface area contributed by atoms with E-state index in [1.165, 1.54) is 23.3 Å². The molecule has 0 amide bonds. The van der Waals surface area contributed by atoms with Crippen molar-refractivity contribution in [2.75, 3.05) is 6.61 Å². The van der Waals surface area contributed by atoms with Gasteiger partial charge in [0.05, 0.1) is 18.4 Å². The highest BCUT2D eigenvalue weighted by Crippen LogP contribution is 2.13. The number of hydrogen-bond donors (Lipinski definition) is 1. The average molecular weight is 249 g/mol. The van der Waals surface area contributed by atoms with Crippen molar-refractivity contribution < 1.29 is 14.6 Å². The zero-order valence-electron chi connectivity index (χ0n) is 9.00. The van der Waals surface area contributed by atoms with Crippen LogP contribution in [-0.2, 0) is 6.42 Å². The molecule has 2 aromatic heterocycles. The van der Waals surface area contributed by atoms with E-state index in [0.717, 1.165) is 6.42 Å². The van der Waals surface area contributed by atoms with E-state index < -0.39 is 5.97 Å². The van der Waals surface area contributed by atoms with Gasteiger partial charge in [-0.3, -0.25) is 4.98 Å². The molecule has 0 saturated heterocycles. The number of hydrogen-bond acceptors (Lipinski definition) is 4. The van der Waals surface area contributed by atoms with Crippen LogP contribution in [0.3, 0.4) is 0 Å². The van der Waals surface area contributed by atoms with E-state index in [-0.39, 0.29) is 5.56 Å². The van der Waals surface area contributed by atoms with Crippen molar-refractivity contribution in [1.29, 1.82) is 0 Å². The van der Waals surface area contributed by atoms with Crippen LogP contribution in [0.15, 0.2) is 36.0 Å². The third-order valence-electron chi connectivity index (χ3n) is 2.16. The first kappa shape index (κ1) is 11.6. The van der Waals surface area contributed by atoms with E-state index in [9.17, 15) is 4.79 Å². The summed E-state index contributed by atoms with van der Waals surface area (Å²) in [5, 5.41) is 10.8. The van der Waals surface area contributed by atoms with Crippen LogP contribution in [0.1, 0.15) is 15.2 Å². The van der Waals surface area contributed by atoms with Gasteiger partial charge < -0.3 is 9.84 Å². The summed E-state index contributed by atoms with van der Waals surface area (Å²) >= 11 is 1.68. The fourth-order valence-electron chi connectivity index (χ4n) is 1.34. The highest BCUT2D eigenvalue weighted by atomic mass is 32.1. The number of carboxylic acid groups (broad SMARTS) is 1. The summed E-state index contributed by atoms with van der Waals surface area (Å²) in [6.45, 7) is 0.519. The van der Waals surface area contributed by atoms with E-state index >= 15 is 0 Å². The molecule has 0 saturated carbocycles. The minimum atomic E-state index is -0.999. The Morgan fingerprint density at radius 1 is 1.47 bits per heavy atom. The third-order valence-corrected chi connectivity index (χ3v) is 3.09. The zero-order valence-corrected chi connectivity index (χ0v) is 9.81. The predicted molar refractivity (Wildman–Crippen MR) is 64.7 cm³/mol. The van der Waals surface area contributed by atoms with Crippen molar-refractivity contribution in [1.82, 2.24) is 4.98 Å². The lowest BCUT2D eigenvalue weighted by Crippen LogP contribution is -2.02. The van der Waals surface area contributed by atoms with Crippen LogP contribution in [0.5, 0.6) is 5.75 Å². The number of rotatable bonds is 5. The largest absolute Gasteiger partial charge is 0.492 e. The molecule has 0 aromatic carbocycles. The zero-order chi connectivity index (χ0) is 12.1. The standard InChI is InChI=1S/C12H11NO3S/c14-12(15)9-6-10(8-13-7-9)16-4-3-11-2-1-5-17-11/h1-2,5-8H,3-4H2,(H,14,15). The number of nitrogens with zero attached hydrogens (tertiary/aromatic N) is 1. The lowest BCUT2D eigenvalue weighted by atomic mass is 10.3. The molecular weight excluding hydrogens is 238 g/mol. The third kappa shape index (κ3) is 3.29. The van der Waals surface area contributed by atoms with Gasteiger partial charge in [-0.1, -0.05) is 6.07 Å². The van der Waals surface area contributed by atoms with E-state index in [1.807, 2.05) is 17.5 Å². The van der Waals surface area contributed by atoms with Gasteiger partial charge in [-0.15, -0.1) is 11.3 Å². The Morgan fingerprint density at radius 3 is 3.06 bits per heavy atom. The van der Waals surface area contributed by atoms with Gasteiger partial charge >= 0.3 is 5.97 Å². The Bertz CT molecular complexity index is 496. The molecular formula is C12H11NO3S. The van der Waals surface area contributed by atoms with Crippen LogP contribution in [-0.4, -0.2) is 22.7 Å². The maximum atomic E-state index is 10.7. The Balaban J connectivity index is 1.90. The number of aromatic carboxylic acids is 1. The topological polar surface area (TPSA) is 59.4 Å². The second kappa shape index (κ2) is 5.45. The summed E-state index contributed by atoms with van der Waals surface area (Å²) in [5.74, 6) is -0.511. The Morgan fingerprint density at radius 2 is 2.35 bits per heavy atom. The summed E-state index contributed by atoms with van der Waals surface area (Å²) in [6.07, 6.45) is 3.63. The summed E-state index contributed by atoms with van der Waals surface area (Å²) < 4.78 is 5.45. The molecule has 2 aromatic rings. The Kier molecular flexibility index (Phi) is 3.72. The maximum Gasteiger partial charge on any atom is 0.337 e. The van der Waals surface area contributed by atoms with E-state index in [0.29, 0.717) is 12.4 Å². The number of ether oxygens (including phenoxy) is 1. The van der Waals surface area contributed by atoms with Crippen molar-refractivity contribution in [3.05, 3.63) is 46.4 Å². The number of carboxylic acids is 1. The van der Waals surface area contributed by atoms with E-state index in [4.69, 9.17) is 9.84 Å². The van der Waals surface area contributed by atoms with Crippen LogP contribution in [0.2, 0.25) is 0 Å². The molecule has 5 heteroatoms. The monoisotopic (exact) mass is 249 g/mol. The lowest BCUT2D eigenvalue weighted by molar-refractivity contribution is 0.0696. The van der Waals surface area contributed by atoms with Gasteiger partial charge in [-0.05, 0) is 17.5 Å². The van der Waals surface area contributed by atoms with Crippen molar-refractivity contribution in [2.24, 2.45) is 0 Å². The molecule has 0 aliphatic heterocycles. The Hall–Kier alpha value is -1.88. The molecule has 1 N–H and O–H groups in total. The summed E-state index contributed by atoms with van der Waals surface area (Å²) in [6, 6.07) is 5.51. The molecule has 0 fully saturated rings. The van der Waals surface area contributed by atoms with Crippen LogP contribution in [0.4, 0.5) is 0 Å². The fraction of sp³-hybridized carbons (Fsp3) is 0.167. The van der Waals surface area contributed by atoms with E-state index in [2.05, 4.69) is 4.98 Å². The minimum absolute atomic E-state index is 0.138. The molecule has 0 radical (unpaired) electrons. The second-order valence-electron chi connectivity index (χ2n) is 3.39. The lowest BCUT2D eigenvalue weighted by Gasteiger charge is -2.05. The maximum absolute atomic E-state index is 10.7. The number of aromatic nitrogens is 1. The van der Waals surface area contributed by atoms with Crippen molar-refractivity contribution >= 4 is 17.3 Å². The first-order valence-electron chi connectivity index (χ1n) is 5.09. The molecule has 0 aliphatic carbocycles. The minimum Gasteiger partial charge on any atom is -0.492 e. The molecule has 2 rings (SSSR count). The van der Waals surface area contributed by atoms with Crippen LogP contribution >= 0.6 is 11.3 Å². The number of carbonyl (C=O) groups is 1. The van der Waals surface area contributed by atoms with Gasteiger partial charge in [0, 0.05) is 17.5 Å². The number of thiophene rings is 1. The first-order valence-corrected chi connectivity index (χ1v) is 5.97. The molecule has 17 heavy (non-hydrogen) atoms. The van der Waals surface area contributed by atoms with Gasteiger partial charge in [-0.2, -0.15) is 0 Å². The summed E-state index contributed by atoms with van der Waals surface area (Å²) in [4.78, 5) is 15.8. The average Bonchev–Trinajstić information content (AvgIpc) is 2.82. The first-order chi connectivity index (χ1) is 8.25. The van der Waals surface area contributed by atoms with Crippen LogP contribution < -0.4 is 4.74 Å². The van der Waals surface area contributed by atoms with Gasteiger partial charge in [0.15, 0.2) is 0 Å². The fourth-order valence-corrected chi connectivity index (χ4v) is 2.03. The normalized spacial score (nSPS) is 10.1. The van der Waals surface area contributed by atoms with Crippen molar-refractivity contribution in [2.45, 2.75) is 6.42 Å². The molecule has 0 spiro atoms. The molecule has 0 bridgehead atoms. The second-order valence-corrected chi connectivity index (χ2v) is 4.42. The van der Waals surface area contributed by atoms with Crippen LogP contribution in [0.25, 0.3) is 0 Å². The summed E-state index contributed by atoms with van der Waals surface area (Å²) in [7, 11) is 0. The highest BCUT2D eigenvalue weighted by molar-refractivity contribution is 7.09. The van der Waals surface area contributed by atoms with E-state index in [1.54, 1.807) is 11.3 Å². The molecule has 2 heterocycles. The van der Waals surface area contributed by atoms with Crippen molar-refractivity contribution in [3.63, 3.8) is 0 Å². The Labute approximate surface area is 103 Å². The molecule has 88 valence electrons. The van der Waals surface area contributed by atoms with Crippen LogP contribution in [0, 0.1) is 0 Å². The molecule has 4 nitrogen and oxygen atoms in total. The molecule has 0 atom stereocenters. The SMILES string of the molecule is O=C(O)c1cncc(OCCc2cccs2)c1. The highest BCUT2D eigenvalue weighted by Gasteiger charge is 2.04. The smallest absolute Gasteiger partial charge is 0.337 e. The van der Waals surface area contributed by atoms with Gasteiger partial charge in [0.1, 0.15) is 5.75 Å². The van der Waals surface area contributed by atoms with Gasteiger partial charge in [0.2, 0.25) is 0 Å². The van der Waals surface area contributed by atoms with Gasteiger partial charge in [0.25, 0.3) is 0 Å². The predicted octanol–water partition coefficient (Wildman–Crippen LogP) is 2.46. The quantitative estimate of drug-likeness (QED) is 0.884. The molecule has 0 unspecified atom stereocenters.